The molecule has 1 aromatic rings. The molecule has 25 heavy (non-hydrogen) atoms. The molecule has 1 saturated heterocycles. The first-order chi connectivity index (χ1) is 12.0. The van der Waals surface area contributed by atoms with Crippen LogP contribution in [0, 0.1) is 0 Å². The van der Waals surface area contributed by atoms with Crippen molar-refractivity contribution in [2.24, 2.45) is 0 Å². The van der Waals surface area contributed by atoms with Crippen molar-refractivity contribution in [3.63, 3.8) is 0 Å². The predicted molar refractivity (Wildman–Crippen MR) is 93.2 cm³/mol. The highest BCUT2D eigenvalue weighted by Crippen LogP contribution is 2.25. The van der Waals surface area contributed by atoms with E-state index in [1.807, 2.05) is 9.80 Å². The minimum Gasteiger partial charge on any atom is -0.369 e. The normalized spacial score (nSPS) is 16.1. The molecule has 10 heteroatoms. The number of anilines is 3. The van der Waals surface area contributed by atoms with Gasteiger partial charge in [0.05, 0.1) is 6.67 Å². The zero-order valence-corrected chi connectivity index (χ0v) is 14.0. The van der Waals surface area contributed by atoms with Gasteiger partial charge in [0.2, 0.25) is 17.8 Å². The molecule has 10 nitrogen and oxygen atoms in total. The van der Waals surface area contributed by atoms with Crippen molar-refractivity contribution in [3.8, 4) is 0 Å². The Balaban J connectivity index is 1.39. The van der Waals surface area contributed by atoms with Crippen molar-refractivity contribution < 1.29 is 9.59 Å². The molecular formula is C15H23N7O3. The Morgan fingerprint density at radius 3 is 2.88 bits per heavy atom. The zero-order chi connectivity index (χ0) is 17.8. The van der Waals surface area contributed by atoms with Crippen molar-refractivity contribution in [3.05, 3.63) is 10.4 Å². The molecule has 0 radical (unpaired) electrons. The molecular weight excluding hydrogens is 326 g/mol. The molecule has 2 aliphatic rings. The van der Waals surface area contributed by atoms with E-state index in [0.717, 1.165) is 19.4 Å². The van der Waals surface area contributed by atoms with Crippen LogP contribution in [-0.2, 0) is 9.59 Å². The second-order valence-electron chi connectivity index (χ2n) is 6.19. The number of likely N-dealkylation sites (tertiary alicyclic amines) is 1. The van der Waals surface area contributed by atoms with Gasteiger partial charge in [-0.15, -0.1) is 0 Å². The molecule has 1 aromatic heterocycles. The average Bonchev–Trinajstić information content (AvgIpc) is 3.16. The van der Waals surface area contributed by atoms with Crippen molar-refractivity contribution in [1.29, 1.82) is 0 Å². The number of carbonyl (C=O) groups is 2. The van der Waals surface area contributed by atoms with Crippen LogP contribution in [0.15, 0.2) is 4.79 Å². The van der Waals surface area contributed by atoms with Gasteiger partial charge in [-0.25, -0.2) is 0 Å². The maximum absolute atomic E-state index is 12.0. The molecule has 0 unspecified atom stereocenters. The zero-order valence-electron chi connectivity index (χ0n) is 14.0. The summed E-state index contributed by atoms with van der Waals surface area (Å²) in [6.45, 7) is 2.91. The van der Waals surface area contributed by atoms with Gasteiger partial charge in [-0.3, -0.25) is 19.4 Å². The second kappa shape index (κ2) is 7.41. The lowest BCUT2D eigenvalue weighted by atomic mass is 10.3. The largest absolute Gasteiger partial charge is 0.369 e. The summed E-state index contributed by atoms with van der Waals surface area (Å²) in [7, 11) is 0. The molecule has 2 amide bonds. The summed E-state index contributed by atoms with van der Waals surface area (Å²) in [6.07, 6.45) is 2.61. The predicted octanol–water partition coefficient (Wildman–Crippen LogP) is -0.940. The summed E-state index contributed by atoms with van der Waals surface area (Å²) in [5.41, 5.74) is 5.63. The van der Waals surface area contributed by atoms with E-state index in [9.17, 15) is 14.4 Å². The number of H-pyrrole nitrogens is 1. The lowest BCUT2D eigenvalue weighted by Crippen LogP contribution is -2.33. The lowest BCUT2D eigenvalue weighted by molar-refractivity contribution is -0.127. The van der Waals surface area contributed by atoms with Crippen molar-refractivity contribution in [2.45, 2.75) is 25.7 Å². The Morgan fingerprint density at radius 2 is 2.12 bits per heavy atom. The number of fused-ring (bicyclic) bond motifs is 1. The van der Waals surface area contributed by atoms with Crippen LogP contribution in [0.5, 0.6) is 0 Å². The highest BCUT2D eigenvalue weighted by Gasteiger charge is 2.24. The molecule has 2 aliphatic heterocycles. The van der Waals surface area contributed by atoms with Gasteiger partial charge in [-0.2, -0.15) is 4.98 Å². The maximum Gasteiger partial charge on any atom is 0.277 e. The van der Waals surface area contributed by atoms with E-state index >= 15 is 0 Å². The number of amides is 2. The van der Waals surface area contributed by atoms with Crippen molar-refractivity contribution >= 4 is 29.3 Å². The maximum atomic E-state index is 12.0. The van der Waals surface area contributed by atoms with Gasteiger partial charge in [0.15, 0.2) is 5.82 Å². The van der Waals surface area contributed by atoms with Crippen LogP contribution in [0.3, 0.4) is 0 Å². The van der Waals surface area contributed by atoms with Crippen LogP contribution in [0.2, 0.25) is 0 Å². The molecule has 3 heterocycles. The summed E-state index contributed by atoms with van der Waals surface area (Å²) in [6, 6.07) is 0. The number of nitrogens with one attached hydrogen (secondary N) is 3. The van der Waals surface area contributed by atoms with E-state index in [-0.39, 0.29) is 29.7 Å². The van der Waals surface area contributed by atoms with Gasteiger partial charge >= 0.3 is 0 Å². The van der Waals surface area contributed by atoms with Crippen LogP contribution in [-0.4, -0.2) is 59.5 Å². The molecule has 136 valence electrons. The monoisotopic (exact) mass is 349 g/mol. The van der Waals surface area contributed by atoms with E-state index in [2.05, 4.69) is 20.6 Å². The van der Waals surface area contributed by atoms with Gasteiger partial charge in [-0.05, 0) is 12.8 Å². The highest BCUT2D eigenvalue weighted by molar-refractivity contribution is 5.78. The Bertz CT molecular complexity index is 718. The molecule has 0 saturated carbocycles. The van der Waals surface area contributed by atoms with Gasteiger partial charge in [0.1, 0.15) is 5.69 Å². The molecule has 3 rings (SSSR count). The quantitative estimate of drug-likeness (QED) is 0.466. The summed E-state index contributed by atoms with van der Waals surface area (Å²) < 4.78 is 0. The Hall–Kier alpha value is -2.78. The third-order valence-corrected chi connectivity index (χ3v) is 4.37. The van der Waals surface area contributed by atoms with E-state index in [1.54, 1.807) is 0 Å². The first-order valence-corrected chi connectivity index (χ1v) is 8.47. The molecule has 0 atom stereocenters. The highest BCUT2D eigenvalue weighted by atomic mass is 16.2. The summed E-state index contributed by atoms with van der Waals surface area (Å²) in [5.74, 6) is 0.659. The number of aromatic nitrogens is 2. The van der Waals surface area contributed by atoms with Crippen LogP contribution in [0.4, 0.5) is 17.5 Å². The van der Waals surface area contributed by atoms with Crippen LogP contribution >= 0.6 is 0 Å². The smallest absolute Gasteiger partial charge is 0.277 e. The third-order valence-electron chi connectivity index (χ3n) is 4.37. The van der Waals surface area contributed by atoms with Crippen LogP contribution in [0.1, 0.15) is 25.7 Å². The van der Waals surface area contributed by atoms with Crippen LogP contribution in [0.25, 0.3) is 0 Å². The second-order valence-corrected chi connectivity index (χ2v) is 6.19. The number of hydrogen-bond acceptors (Lipinski definition) is 7. The van der Waals surface area contributed by atoms with Gasteiger partial charge < -0.3 is 26.2 Å². The molecule has 0 aromatic carbocycles. The number of nitrogen functional groups attached to an aromatic ring is 1. The fourth-order valence-electron chi connectivity index (χ4n) is 3.06. The minimum absolute atomic E-state index is 0.0540. The minimum atomic E-state index is -0.314. The molecule has 5 N–H and O–H groups in total. The summed E-state index contributed by atoms with van der Waals surface area (Å²) in [4.78, 5) is 45.4. The van der Waals surface area contributed by atoms with Crippen LogP contribution < -0.4 is 26.8 Å². The van der Waals surface area contributed by atoms with Crippen molar-refractivity contribution in [1.82, 2.24) is 20.2 Å². The fourth-order valence-corrected chi connectivity index (χ4v) is 3.06. The number of carbonyl (C=O) groups excluding carboxylic acids is 2. The SMILES string of the molecule is Nc1nc2c(c(=O)[nH]1)NCN2CCC(=O)NCCCN1CCCC1=O. The van der Waals surface area contributed by atoms with Gasteiger partial charge in [0, 0.05) is 39.0 Å². The Labute approximate surface area is 144 Å². The number of nitrogens with two attached hydrogens (primary N) is 1. The molecule has 0 aliphatic carbocycles. The van der Waals surface area contributed by atoms with E-state index in [0.29, 0.717) is 44.2 Å². The third kappa shape index (κ3) is 4.01. The van der Waals surface area contributed by atoms with E-state index in [4.69, 9.17) is 5.73 Å². The summed E-state index contributed by atoms with van der Waals surface area (Å²) in [5, 5.41) is 5.81. The number of nitrogens with zero attached hydrogens (tertiary/aromatic N) is 3. The molecule has 0 bridgehead atoms. The first-order valence-electron chi connectivity index (χ1n) is 8.47. The number of rotatable bonds is 7. The number of aromatic amines is 1. The fraction of sp³-hybridized carbons (Fsp3) is 0.600. The molecule has 1 fully saturated rings. The average molecular weight is 349 g/mol. The molecule has 0 spiro atoms. The van der Waals surface area contributed by atoms with E-state index in [1.165, 1.54) is 0 Å². The lowest BCUT2D eigenvalue weighted by Gasteiger charge is -2.17. The van der Waals surface area contributed by atoms with Crippen molar-refractivity contribution in [2.75, 3.05) is 48.8 Å². The topological polar surface area (TPSA) is 136 Å². The first kappa shape index (κ1) is 17.1. The van der Waals surface area contributed by atoms with Gasteiger partial charge in [0.25, 0.3) is 5.56 Å². The van der Waals surface area contributed by atoms with E-state index < -0.39 is 0 Å². The number of hydrogen-bond donors (Lipinski definition) is 4. The van der Waals surface area contributed by atoms with Gasteiger partial charge in [-0.1, -0.05) is 0 Å². The Kier molecular flexibility index (Phi) is 5.05. The Morgan fingerprint density at radius 1 is 1.28 bits per heavy atom. The standard InChI is InChI=1S/C15H23N7O3/c16-15-19-13-12(14(25)20-15)18-9-22(13)8-4-10(23)17-5-2-7-21-6-1-3-11(21)24/h18H,1-9H2,(H,17,23)(H3,16,19,20,25). The summed E-state index contributed by atoms with van der Waals surface area (Å²) >= 11 is 0.